The van der Waals surface area contributed by atoms with E-state index in [-0.39, 0.29) is 17.8 Å². The van der Waals surface area contributed by atoms with E-state index in [1.54, 1.807) is 11.8 Å². The third kappa shape index (κ3) is 18.4. The summed E-state index contributed by atoms with van der Waals surface area (Å²) in [7, 11) is 2.14. The molecular weight excluding hydrogens is 851 g/mol. The van der Waals surface area contributed by atoms with Gasteiger partial charge in [-0.2, -0.15) is 0 Å². The number of carbonyl (C=O) groups excluding carboxylic acids is 2. The Bertz CT molecular complexity index is 2070. The number of nitrogens with zero attached hydrogens (tertiary/aromatic N) is 1. The van der Waals surface area contributed by atoms with E-state index >= 15 is 0 Å². The number of benzene rings is 3. The van der Waals surface area contributed by atoms with Gasteiger partial charge in [-0.15, -0.1) is 0 Å². The van der Waals surface area contributed by atoms with Crippen LogP contribution in [-0.4, -0.2) is 41.6 Å². The first-order chi connectivity index (χ1) is 32.0. The van der Waals surface area contributed by atoms with Crippen molar-refractivity contribution in [3.63, 3.8) is 0 Å². The predicted octanol–water partition coefficient (Wildman–Crippen LogP) is 16.2. The molecule has 0 radical (unpaired) electrons. The molecule has 0 bridgehead atoms. The van der Waals surface area contributed by atoms with Crippen molar-refractivity contribution >= 4 is 29.8 Å². The van der Waals surface area contributed by atoms with Crippen molar-refractivity contribution in [2.75, 3.05) is 13.6 Å². The number of ether oxygens (including phenoxy) is 4. The standard InChI is InChI=1S/C43H58O6.C16H25NS/c1-9-13-30-14-16-32(17-15-30)35-22-27-39(31(10-2)28-35)47-41(45)34-20-18-33(19-21-34)38(11-3)46-36-23-25-37(26-24-36)48-42(5,6)29-43(7,8)49-40(44)12-4;1-5-6-7-10-13-17(4)15(3)18-16-12-9-8-11-14(16)2/h10-12,22-28,30,32-34H,2,4,9,13-21,29H2,1,3,5-8H3;8-9,11-12H,3,5-7,10,13H2,1-2,4H3/b38-11+;. The Hall–Kier alpha value is -4.69. The van der Waals surface area contributed by atoms with Gasteiger partial charge in [0.1, 0.15) is 34.2 Å². The summed E-state index contributed by atoms with van der Waals surface area (Å²) in [5, 5.41) is 1.14. The minimum Gasteiger partial charge on any atom is -0.488 e. The van der Waals surface area contributed by atoms with Gasteiger partial charge in [0.05, 0.1) is 10.9 Å². The summed E-state index contributed by atoms with van der Waals surface area (Å²) in [6.07, 6.45) is 21.6. The van der Waals surface area contributed by atoms with Gasteiger partial charge >= 0.3 is 11.9 Å². The zero-order valence-electron chi connectivity index (χ0n) is 42.6. The van der Waals surface area contributed by atoms with Crippen LogP contribution in [0.3, 0.4) is 0 Å². The van der Waals surface area contributed by atoms with Crippen LogP contribution in [0, 0.1) is 24.7 Å². The van der Waals surface area contributed by atoms with Gasteiger partial charge in [0.15, 0.2) is 0 Å². The molecule has 2 fully saturated rings. The van der Waals surface area contributed by atoms with E-state index in [0.29, 0.717) is 23.8 Å². The lowest BCUT2D eigenvalue weighted by Crippen LogP contribution is -2.40. The minimum absolute atomic E-state index is 0.134. The minimum atomic E-state index is -0.707. The molecule has 3 aromatic rings. The maximum Gasteiger partial charge on any atom is 0.330 e. The molecule has 2 aliphatic rings. The second-order valence-corrected chi connectivity index (χ2v) is 21.0. The molecule has 0 atom stereocenters. The zero-order chi connectivity index (χ0) is 49.0. The number of thioether (sulfide) groups is 1. The Labute approximate surface area is 409 Å². The number of esters is 2. The van der Waals surface area contributed by atoms with Crippen LogP contribution in [0.5, 0.6) is 17.2 Å². The van der Waals surface area contributed by atoms with E-state index in [1.807, 2.05) is 77.1 Å². The highest BCUT2D eigenvalue weighted by atomic mass is 32.2. The first-order valence-electron chi connectivity index (χ1n) is 25.1. The quantitative estimate of drug-likeness (QED) is 0.0232. The van der Waals surface area contributed by atoms with E-state index in [0.717, 1.165) is 60.2 Å². The van der Waals surface area contributed by atoms with Gasteiger partial charge in [-0.3, -0.25) is 4.79 Å². The van der Waals surface area contributed by atoms with E-state index in [1.165, 1.54) is 86.3 Å². The average Bonchev–Trinajstić information content (AvgIpc) is 3.30. The molecule has 3 aromatic carbocycles. The Morgan fingerprint density at radius 1 is 0.791 bits per heavy atom. The van der Waals surface area contributed by atoms with Gasteiger partial charge in [0.2, 0.25) is 0 Å². The maximum atomic E-state index is 13.3. The third-order valence-electron chi connectivity index (χ3n) is 13.2. The summed E-state index contributed by atoms with van der Waals surface area (Å²) in [5.74, 6) is 3.91. The number of unbranched alkanes of at least 4 members (excludes halogenated alkanes) is 3. The topological polar surface area (TPSA) is 74.3 Å². The van der Waals surface area contributed by atoms with Crippen LogP contribution in [0.25, 0.3) is 6.08 Å². The molecule has 0 aliphatic heterocycles. The summed E-state index contributed by atoms with van der Waals surface area (Å²) in [6, 6.07) is 22.4. The number of hydrogen-bond acceptors (Lipinski definition) is 8. The maximum absolute atomic E-state index is 13.3. The number of hydrogen-bond donors (Lipinski definition) is 0. The number of aryl methyl sites for hydroxylation is 1. The fraction of sp³-hybridized carbons (Fsp3) is 0.525. The second kappa shape index (κ2) is 27.3. The van der Waals surface area contributed by atoms with Gasteiger partial charge in [0, 0.05) is 42.5 Å². The molecule has 0 spiro atoms. The first-order valence-corrected chi connectivity index (χ1v) is 25.9. The molecular formula is C59H83NO6S. The molecule has 0 saturated heterocycles. The molecule has 0 amide bonds. The molecule has 2 aliphatic carbocycles. The van der Waals surface area contributed by atoms with E-state index in [2.05, 4.69) is 88.9 Å². The summed E-state index contributed by atoms with van der Waals surface area (Å²) in [5.41, 5.74) is 2.27. The summed E-state index contributed by atoms with van der Waals surface area (Å²) >= 11 is 1.77. The molecule has 67 heavy (non-hydrogen) atoms. The Morgan fingerprint density at radius 2 is 1.45 bits per heavy atom. The molecule has 0 aromatic heterocycles. The van der Waals surface area contributed by atoms with Crippen LogP contribution in [0.4, 0.5) is 0 Å². The van der Waals surface area contributed by atoms with Crippen molar-refractivity contribution < 1.29 is 28.5 Å². The van der Waals surface area contributed by atoms with Crippen LogP contribution in [0.1, 0.15) is 167 Å². The van der Waals surface area contributed by atoms with Crippen molar-refractivity contribution in [2.24, 2.45) is 17.8 Å². The van der Waals surface area contributed by atoms with Crippen LogP contribution >= 0.6 is 11.8 Å². The number of allylic oxidation sites excluding steroid dienone is 2. The Balaban J connectivity index is 0.000000456. The SMILES string of the molecule is C=C(Sc1ccccc1C)N(C)CCCCCC.C=CC(=O)OC(C)(C)CC(C)(C)Oc1ccc(O/C(=C/C)C2CCC(C(=O)Oc3ccc(C4CCC(CCC)CC4)cc3C=C)CC2)cc1. The molecule has 0 unspecified atom stereocenters. The highest BCUT2D eigenvalue weighted by molar-refractivity contribution is 8.03. The summed E-state index contributed by atoms with van der Waals surface area (Å²) in [6.45, 7) is 29.1. The predicted molar refractivity (Wildman–Crippen MR) is 281 cm³/mol. The van der Waals surface area contributed by atoms with Crippen LogP contribution in [0.15, 0.2) is 114 Å². The third-order valence-corrected chi connectivity index (χ3v) is 14.4. The molecule has 366 valence electrons. The van der Waals surface area contributed by atoms with Crippen molar-refractivity contribution in [3.8, 4) is 17.2 Å². The highest BCUT2D eigenvalue weighted by Gasteiger charge is 2.34. The molecule has 0 N–H and O–H groups in total. The van der Waals surface area contributed by atoms with Gasteiger partial charge in [-0.25, -0.2) is 4.79 Å². The molecule has 5 rings (SSSR count). The zero-order valence-corrected chi connectivity index (χ0v) is 43.4. The second-order valence-electron chi connectivity index (χ2n) is 19.9. The van der Waals surface area contributed by atoms with Gasteiger partial charge < -0.3 is 23.8 Å². The normalized spacial score (nSPS) is 18.7. The average molecular weight is 934 g/mol. The lowest BCUT2D eigenvalue weighted by atomic mass is 9.77. The molecule has 8 heteroatoms. The van der Waals surface area contributed by atoms with Crippen LogP contribution < -0.4 is 14.2 Å². The fourth-order valence-corrected chi connectivity index (χ4v) is 10.5. The summed E-state index contributed by atoms with van der Waals surface area (Å²) in [4.78, 5) is 28.6. The fourth-order valence-electron chi connectivity index (χ4n) is 9.67. The van der Waals surface area contributed by atoms with Crippen molar-refractivity contribution in [1.82, 2.24) is 4.90 Å². The van der Waals surface area contributed by atoms with Gasteiger partial charge in [-0.05, 0) is 171 Å². The van der Waals surface area contributed by atoms with Crippen LogP contribution in [0.2, 0.25) is 0 Å². The summed E-state index contributed by atoms with van der Waals surface area (Å²) < 4.78 is 24.1. The van der Waals surface area contributed by atoms with Crippen molar-refractivity contribution in [2.45, 2.75) is 174 Å². The van der Waals surface area contributed by atoms with Crippen molar-refractivity contribution in [3.05, 3.63) is 126 Å². The van der Waals surface area contributed by atoms with Crippen LogP contribution in [-0.2, 0) is 14.3 Å². The monoisotopic (exact) mass is 934 g/mol. The van der Waals surface area contributed by atoms with Gasteiger partial charge in [-0.1, -0.05) is 108 Å². The highest BCUT2D eigenvalue weighted by Crippen LogP contribution is 2.40. The Kier molecular flexibility index (Phi) is 22.4. The largest absolute Gasteiger partial charge is 0.488 e. The molecule has 7 nitrogen and oxygen atoms in total. The Morgan fingerprint density at radius 3 is 2.06 bits per heavy atom. The lowest BCUT2D eigenvalue weighted by molar-refractivity contribution is -0.154. The lowest BCUT2D eigenvalue weighted by Gasteiger charge is -2.34. The van der Waals surface area contributed by atoms with Gasteiger partial charge in [0.25, 0.3) is 0 Å². The van der Waals surface area contributed by atoms with Crippen molar-refractivity contribution in [1.29, 1.82) is 0 Å². The van der Waals surface area contributed by atoms with E-state index in [9.17, 15) is 9.59 Å². The molecule has 2 saturated carbocycles. The first kappa shape index (κ1) is 54.9. The number of rotatable bonds is 23. The smallest absolute Gasteiger partial charge is 0.330 e. The van der Waals surface area contributed by atoms with E-state index in [4.69, 9.17) is 18.9 Å². The number of carbonyl (C=O) groups is 2. The van der Waals surface area contributed by atoms with E-state index < -0.39 is 17.2 Å². The molecule has 0 heterocycles.